The van der Waals surface area contributed by atoms with Gasteiger partial charge < -0.3 is 25.3 Å². The molecule has 2 aromatic heterocycles. The van der Waals surface area contributed by atoms with Crippen LogP contribution >= 0.6 is 0 Å². The molecule has 3 rings (SSSR count). The molecule has 0 aliphatic carbocycles. The highest BCUT2D eigenvalue weighted by Gasteiger charge is 2.57. The van der Waals surface area contributed by atoms with Gasteiger partial charge in [0, 0.05) is 6.20 Å². The number of nitrogens with zero attached hydrogens (tertiary/aromatic N) is 3. The largest absolute Gasteiger partial charge is 0.386 e. The van der Waals surface area contributed by atoms with E-state index in [0.717, 1.165) is 0 Å². The molecular weight excluding hydrogens is 330 g/mol. The van der Waals surface area contributed by atoms with Crippen molar-refractivity contribution in [3.8, 4) is 11.8 Å². The molecule has 25 heavy (non-hydrogen) atoms. The predicted molar refractivity (Wildman–Crippen MR) is 88.3 cm³/mol. The Kier molecular flexibility index (Phi) is 4.08. The zero-order valence-electron chi connectivity index (χ0n) is 13.5. The smallest absolute Gasteiger partial charge is 0.261 e. The van der Waals surface area contributed by atoms with Crippen molar-refractivity contribution >= 4 is 17.0 Å². The van der Waals surface area contributed by atoms with Crippen LogP contribution in [-0.4, -0.2) is 48.6 Å². The molecule has 3 heterocycles. The van der Waals surface area contributed by atoms with Crippen molar-refractivity contribution in [3.63, 3.8) is 0 Å². The van der Waals surface area contributed by atoms with E-state index < -0.39 is 35.6 Å². The van der Waals surface area contributed by atoms with Crippen LogP contribution in [0.1, 0.15) is 20.1 Å². The summed E-state index contributed by atoms with van der Waals surface area (Å²) in [5.74, 6) is 4.97. The molecule has 0 bridgehead atoms. The van der Waals surface area contributed by atoms with Gasteiger partial charge in [0.2, 0.25) is 5.95 Å². The minimum Gasteiger partial charge on any atom is -0.386 e. The highest BCUT2D eigenvalue weighted by atomic mass is 16.6. The Balaban J connectivity index is 2.19. The second-order valence-electron chi connectivity index (χ2n) is 5.86. The zero-order chi connectivity index (χ0) is 18.4. The quantitative estimate of drug-likeness (QED) is 0.429. The number of H-pyrrole nitrogens is 1. The number of rotatable bonds is 3. The minimum absolute atomic E-state index is 0.111. The number of hydrogen-bond donors (Lipinski definition) is 4. The number of nitrogens with one attached hydrogen (secondary N) is 1. The van der Waals surface area contributed by atoms with Crippen molar-refractivity contribution in [2.75, 3.05) is 5.73 Å². The SMILES string of the molecule is CC#C[C@@]1(O)C(O)[C@@H]([C@H](C)N=O)O[C@H]1n1ccc2c(=O)[nH]c(N)nc21. The molecule has 5 atom stereocenters. The molecule has 0 amide bonds. The fraction of sp³-hybridized carbons (Fsp3) is 0.467. The van der Waals surface area contributed by atoms with E-state index in [-0.39, 0.29) is 17.0 Å². The second-order valence-corrected chi connectivity index (χ2v) is 5.86. The molecule has 1 aliphatic heterocycles. The first kappa shape index (κ1) is 17.1. The van der Waals surface area contributed by atoms with Gasteiger partial charge in [0.25, 0.3) is 5.56 Å². The lowest BCUT2D eigenvalue weighted by atomic mass is 9.92. The van der Waals surface area contributed by atoms with E-state index in [9.17, 15) is 19.9 Å². The third-order valence-corrected chi connectivity index (χ3v) is 4.24. The summed E-state index contributed by atoms with van der Waals surface area (Å²) in [5, 5.41) is 24.5. The lowest BCUT2D eigenvalue weighted by Crippen LogP contribution is -2.47. The van der Waals surface area contributed by atoms with Crippen LogP contribution < -0.4 is 11.3 Å². The minimum atomic E-state index is -2.02. The number of aromatic nitrogens is 3. The Labute approximate surface area is 141 Å². The van der Waals surface area contributed by atoms with E-state index in [2.05, 4.69) is 27.0 Å². The Hall–Kier alpha value is -2.74. The Morgan fingerprint density at radius 3 is 2.96 bits per heavy atom. The molecular formula is C15H17N5O5. The number of nitroso groups, excluding NO2 is 1. The van der Waals surface area contributed by atoms with Gasteiger partial charge in [0.05, 0.1) is 5.39 Å². The summed E-state index contributed by atoms with van der Waals surface area (Å²) in [6.07, 6.45) is -2.32. The summed E-state index contributed by atoms with van der Waals surface area (Å²) in [4.78, 5) is 29.3. The maximum atomic E-state index is 12.0. The maximum Gasteiger partial charge on any atom is 0.261 e. The third kappa shape index (κ3) is 2.49. The highest BCUT2D eigenvalue weighted by Crippen LogP contribution is 2.41. The number of anilines is 1. The fourth-order valence-corrected chi connectivity index (χ4v) is 3.02. The maximum absolute atomic E-state index is 12.0. The van der Waals surface area contributed by atoms with Gasteiger partial charge in [-0.3, -0.25) is 9.78 Å². The van der Waals surface area contributed by atoms with Crippen molar-refractivity contribution in [2.24, 2.45) is 5.18 Å². The van der Waals surface area contributed by atoms with Gasteiger partial charge in [0.1, 0.15) is 18.2 Å². The summed E-state index contributed by atoms with van der Waals surface area (Å²) in [7, 11) is 0. The van der Waals surface area contributed by atoms with Gasteiger partial charge in [-0.15, -0.1) is 5.92 Å². The van der Waals surface area contributed by atoms with Crippen molar-refractivity contribution in [2.45, 2.75) is 43.9 Å². The molecule has 0 spiro atoms. The van der Waals surface area contributed by atoms with Crippen LogP contribution in [0.25, 0.3) is 11.0 Å². The van der Waals surface area contributed by atoms with Gasteiger partial charge in [0.15, 0.2) is 17.5 Å². The molecule has 1 unspecified atom stereocenters. The summed E-state index contributed by atoms with van der Waals surface area (Å²) in [6, 6.07) is 0.554. The third-order valence-electron chi connectivity index (χ3n) is 4.24. The average Bonchev–Trinajstić information content (AvgIpc) is 3.08. The summed E-state index contributed by atoms with van der Waals surface area (Å²) < 4.78 is 7.05. The highest BCUT2D eigenvalue weighted by molar-refractivity contribution is 5.76. The standard InChI is InChI=1S/C15H17N5O5/c1-3-5-15(23)10(21)9(7(2)19-24)25-13(15)20-6-4-8-11(20)17-14(16)18-12(8)22/h4,6-7,9-10,13,21,23H,1-2H3,(H3,16,17,18,22)/t7-,9+,10?,13+,15+/m0/s1. The number of aromatic amines is 1. The van der Waals surface area contributed by atoms with Gasteiger partial charge in [-0.25, -0.2) is 0 Å². The van der Waals surface area contributed by atoms with Crippen LogP contribution in [0.3, 0.4) is 0 Å². The predicted octanol–water partition coefficient (Wildman–Crippen LogP) is -0.526. The average molecular weight is 347 g/mol. The zero-order valence-corrected chi connectivity index (χ0v) is 13.5. The molecule has 2 aromatic rings. The molecule has 132 valence electrons. The molecule has 0 saturated carbocycles. The summed E-state index contributed by atoms with van der Waals surface area (Å²) in [5.41, 5.74) is 3.26. The number of aliphatic hydroxyl groups is 2. The molecule has 1 aliphatic rings. The van der Waals surface area contributed by atoms with Crippen LogP contribution in [0, 0.1) is 16.7 Å². The molecule has 1 fully saturated rings. The molecule has 1 saturated heterocycles. The topological polar surface area (TPSA) is 156 Å². The van der Waals surface area contributed by atoms with Gasteiger partial charge in [-0.05, 0) is 19.9 Å². The van der Waals surface area contributed by atoms with E-state index in [1.807, 2.05) is 0 Å². The fourth-order valence-electron chi connectivity index (χ4n) is 3.02. The Morgan fingerprint density at radius 1 is 1.60 bits per heavy atom. The van der Waals surface area contributed by atoms with Crippen LogP contribution in [0.5, 0.6) is 0 Å². The summed E-state index contributed by atoms with van der Waals surface area (Å²) in [6.45, 7) is 2.95. The second kappa shape index (κ2) is 5.96. The number of aliphatic hydroxyl groups excluding tert-OH is 1. The summed E-state index contributed by atoms with van der Waals surface area (Å²) >= 11 is 0. The number of fused-ring (bicyclic) bond motifs is 1. The van der Waals surface area contributed by atoms with Crippen LogP contribution in [0.2, 0.25) is 0 Å². The monoisotopic (exact) mass is 347 g/mol. The van der Waals surface area contributed by atoms with E-state index in [1.54, 1.807) is 0 Å². The number of hydrogen-bond acceptors (Lipinski definition) is 8. The van der Waals surface area contributed by atoms with E-state index in [4.69, 9.17) is 10.5 Å². The normalized spacial score (nSPS) is 30.0. The Morgan fingerprint density at radius 2 is 2.32 bits per heavy atom. The number of ether oxygens (including phenoxy) is 1. The van der Waals surface area contributed by atoms with E-state index >= 15 is 0 Å². The lowest BCUT2D eigenvalue weighted by Gasteiger charge is -2.26. The number of nitrogen functional groups attached to an aromatic ring is 1. The molecule has 10 nitrogen and oxygen atoms in total. The van der Waals surface area contributed by atoms with Crippen LogP contribution in [0.4, 0.5) is 5.95 Å². The molecule has 5 N–H and O–H groups in total. The van der Waals surface area contributed by atoms with Crippen molar-refractivity contribution in [1.82, 2.24) is 14.5 Å². The lowest BCUT2D eigenvalue weighted by molar-refractivity contribution is -0.0692. The van der Waals surface area contributed by atoms with Gasteiger partial charge >= 0.3 is 0 Å². The van der Waals surface area contributed by atoms with Crippen molar-refractivity contribution in [1.29, 1.82) is 0 Å². The first-order valence-corrected chi connectivity index (χ1v) is 7.52. The number of nitrogens with two attached hydrogens (primary N) is 1. The first-order valence-electron chi connectivity index (χ1n) is 7.52. The van der Waals surface area contributed by atoms with Crippen LogP contribution in [-0.2, 0) is 4.74 Å². The van der Waals surface area contributed by atoms with E-state index in [0.29, 0.717) is 0 Å². The first-order chi connectivity index (χ1) is 11.8. The molecule has 0 aromatic carbocycles. The van der Waals surface area contributed by atoms with Crippen molar-refractivity contribution < 1.29 is 14.9 Å². The van der Waals surface area contributed by atoms with E-state index in [1.165, 1.54) is 30.7 Å². The Bertz CT molecular complexity index is 941. The van der Waals surface area contributed by atoms with Gasteiger partial charge in [-0.2, -0.15) is 9.89 Å². The van der Waals surface area contributed by atoms with Crippen molar-refractivity contribution in [3.05, 3.63) is 27.5 Å². The molecule has 10 heteroatoms. The molecule has 0 radical (unpaired) electrons. The van der Waals surface area contributed by atoms with Crippen LogP contribution in [0.15, 0.2) is 22.2 Å². The van der Waals surface area contributed by atoms with Gasteiger partial charge in [-0.1, -0.05) is 11.1 Å².